The summed E-state index contributed by atoms with van der Waals surface area (Å²) in [6, 6.07) is 9.87. The molecule has 1 amide bonds. The van der Waals surface area contributed by atoms with E-state index >= 15 is 0 Å². The molecular weight excluding hydrogens is 366 g/mol. The number of ether oxygens (including phenoxy) is 1. The number of morpholine rings is 1. The summed E-state index contributed by atoms with van der Waals surface area (Å²) in [6.45, 7) is 10.7. The van der Waals surface area contributed by atoms with Gasteiger partial charge in [0.2, 0.25) is 5.95 Å². The molecule has 3 rings (SSSR count). The maximum Gasteiger partial charge on any atom is 0.272 e. The number of para-hydroxylation sites is 2. The molecule has 7 nitrogen and oxygen atoms in total. The van der Waals surface area contributed by atoms with Gasteiger partial charge in [-0.25, -0.2) is 9.97 Å². The summed E-state index contributed by atoms with van der Waals surface area (Å²) in [6.07, 6.45) is 1.85. The van der Waals surface area contributed by atoms with Crippen LogP contribution in [0.25, 0.3) is 0 Å². The number of amides is 1. The van der Waals surface area contributed by atoms with E-state index in [0.717, 1.165) is 69.3 Å². The van der Waals surface area contributed by atoms with E-state index in [1.165, 1.54) is 0 Å². The number of hydrogen-bond acceptors (Lipinski definition) is 6. The van der Waals surface area contributed by atoms with Gasteiger partial charge in [-0.05, 0) is 38.0 Å². The van der Waals surface area contributed by atoms with Gasteiger partial charge in [0, 0.05) is 31.9 Å². The van der Waals surface area contributed by atoms with Crippen LogP contribution in [0.2, 0.25) is 0 Å². The van der Waals surface area contributed by atoms with E-state index in [2.05, 4.69) is 40.1 Å². The summed E-state index contributed by atoms with van der Waals surface area (Å²) in [5, 5.41) is 3.33. The number of anilines is 3. The molecule has 7 heteroatoms. The van der Waals surface area contributed by atoms with E-state index in [4.69, 9.17) is 4.74 Å². The van der Waals surface area contributed by atoms with Crippen LogP contribution >= 0.6 is 0 Å². The van der Waals surface area contributed by atoms with E-state index in [1.807, 2.05) is 30.0 Å². The highest BCUT2D eigenvalue weighted by molar-refractivity contribution is 5.92. The molecule has 0 atom stereocenters. The Labute approximate surface area is 173 Å². The van der Waals surface area contributed by atoms with Crippen molar-refractivity contribution in [2.75, 3.05) is 49.6 Å². The molecule has 0 bridgehead atoms. The summed E-state index contributed by atoms with van der Waals surface area (Å²) in [5.41, 5.74) is 3.22. The van der Waals surface area contributed by atoms with E-state index in [0.29, 0.717) is 11.6 Å². The summed E-state index contributed by atoms with van der Waals surface area (Å²) in [7, 11) is 0. The zero-order chi connectivity index (χ0) is 20.6. The van der Waals surface area contributed by atoms with Crippen molar-refractivity contribution in [2.45, 2.75) is 33.6 Å². The van der Waals surface area contributed by atoms with Crippen molar-refractivity contribution in [1.82, 2.24) is 14.9 Å². The van der Waals surface area contributed by atoms with Crippen molar-refractivity contribution in [2.24, 2.45) is 0 Å². The first-order valence-corrected chi connectivity index (χ1v) is 10.5. The molecule has 2 aromatic rings. The predicted molar refractivity (Wildman–Crippen MR) is 116 cm³/mol. The molecular formula is C22H31N5O2. The lowest BCUT2D eigenvalue weighted by Crippen LogP contribution is -2.36. The summed E-state index contributed by atoms with van der Waals surface area (Å²) < 4.78 is 5.47. The Bertz CT molecular complexity index is 815. The van der Waals surface area contributed by atoms with E-state index in [1.54, 1.807) is 6.07 Å². The largest absolute Gasteiger partial charge is 0.378 e. The van der Waals surface area contributed by atoms with Crippen LogP contribution in [0, 0.1) is 6.92 Å². The number of carbonyl (C=O) groups excluding carboxylic acids is 1. The average molecular weight is 398 g/mol. The van der Waals surface area contributed by atoms with E-state index in [-0.39, 0.29) is 5.91 Å². The second kappa shape index (κ2) is 10.2. The van der Waals surface area contributed by atoms with E-state index < -0.39 is 0 Å². The average Bonchev–Trinajstić information content (AvgIpc) is 2.74. The molecule has 1 aromatic carbocycles. The Morgan fingerprint density at radius 1 is 1.14 bits per heavy atom. The van der Waals surface area contributed by atoms with Gasteiger partial charge in [0.05, 0.1) is 24.6 Å². The minimum Gasteiger partial charge on any atom is -0.378 e. The molecule has 0 aliphatic carbocycles. The highest BCUT2D eigenvalue weighted by Crippen LogP contribution is 2.28. The minimum atomic E-state index is -0.0382. The predicted octanol–water partition coefficient (Wildman–Crippen LogP) is 3.63. The smallest absolute Gasteiger partial charge is 0.272 e. The number of aryl methyl sites for hydroxylation is 1. The summed E-state index contributed by atoms with van der Waals surface area (Å²) in [5.74, 6) is 0.408. The molecule has 1 fully saturated rings. The number of carbonyl (C=O) groups is 1. The molecule has 156 valence electrons. The number of rotatable bonds is 8. The molecule has 1 aliphatic rings. The first kappa shape index (κ1) is 21.0. The van der Waals surface area contributed by atoms with Crippen molar-refractivity contribution in [3.63, 3.8) is 0 Å². The van der Waals surface area contributed by atoms with Crippen LogP contribution in [0.3, 0.4) is 0 Å². The second-order valence-electron chi connectivity index (χ2n) is 7.25. The van der Waals surface area contributed by atoms with Gasteiger partial charge >= 0.3 is 0 Å². The lowest BCUT2D eigenvalue weighted by atomic mass is 10.2. The molecule has 2 heterocycles. The normalized spacial score (nSPS) is 14.0. The minimum absolute atomic E-state index is 0.0382. The molecule has 1 aromatic heterocycles. The number of aromatic nitrogens is 2. The topological polar surface area (TPSA) is 70.6 Å². The fraction of sp³-hybridized carbons (Fsp3) is 0.500. The van der Waals surface area contributed by atoms with Crippen molar-refractivity contribution >= 4 is 23.2 Å². The number of nitrogens with one attached hydrogen (secondary N) is 1. The van der Waals surface area contributed by atoms with Crippen LogP contribution in [0.1, 0.15) is 42.9 Å². The zero-order valence-corrected chi connectivity index (χ0v) is 17.6. The molecule has 0 saturated carbocycles. The van der Waals surface area contributed by atoms with Crippen molar-refractivity contribution in [3.8, 4) is 0 Å². The first-order valence-electron chi connectivity index (χ1n) is 10.5. The van der Waals surface area contributed by atoms with Crippen LogP contribution in [-0.4, -0.2) is 60.2 Å². The summed E-state index contributed by atoms with van der Waals surface area (Å²) in [4.78, 5) is 26.2. The molecule has 1 N–H and O–H groups in total. The molecule has 0 unspecified atom stereocenters. The van der Waals surface area contributed by atoms with Crippen LogP contribution in [0.15, 0.2) is 30.3 Å². The van der Waals surface area contributed by atoms with Crippen LogP contribution in [0.5, 0.6) is 0 Å². The van der Waals surface area contributed by atoms with Crippen LogP contribution in [0.4, 0.5) is 17.3 Å². The standard InChI is InChI=1S/C22H31N5O2/c1-4-10-27(11-5-2)21(28)19-16-17(3)23-22(25-19)24-18-8-6-7-9-20(18)26-12-14-29-15-13-26/h6-9,16H,4-5,10-15H2,1-3H3,(H,23,24,25). The maximum atomic E-state index is 13.0. The molecule has 0 radical (unpaired) electrons. The number of hydrogen-bond donors (Lipinski definition) is 1. The Morgan fingerprint density at radius 3 is 2.52 bits per heavy atom. The monoisotopic (exact) mass is 397 g/mol. The lowest BCUT2D eigenvalue weighted by molar-refractivity contribution is 0.0749. The van der Waals surface area contributed by atoms with Crippen LogP contribution in [-0.2, 0) is 4.74 Å². The highest BCUT2D eigenvalue weighted by atomic mass is 16.5. The second-order valence-corrected chi connectivity index (χ2v) is 7.25. The fourth-order valence-corrected chi connectivity index (χ4v) is 3.53. The third-order valence-corrected chi connectivity index (χ3v) is 4.85. The molecule has 1 saturated heterocycles. The SMILES string of the molecule is CCCN(CCC)C(=O)c1cc(C)nc(Nc2ccccc2N2CCOCC2)n1. The number of benzene rings is 1. The Morgan fingerprint density at radius 2 is 1.83 bits per heavy atom. The fourth-order valence-electron chi connectivity index (χ4n) is 3.53. The van der Waals surface area contributed by atoms with Crippen LogP contribution < -0.4 is 10.2 Å². The van der Waals surface area contributed by atoms with Gasteiger partial charge < -0.3 is 19.9 Å². The third-order valence-electron chi connectivity index (χ3n) is 4.85. The van der Waals surface area contributed by atoms with Gasteiger partial charge in [-0.1, -0.05) is 26.0 Å². The lowest BCUT2D eigenvalue weighted by Gasteiger charge is -2.30. The van der Waals surface area contributed by atoms with Gasteiger partial charge in [0.1, 0.15) is 5.69 Å². The van der Waals surface area contributed by atoms with Crippen molar-refractivity contribution in [1.29, 1.82) is 0 Å². The third kappa shape index (κ3) is 5.44. The number of nitrogens with zero attached hydrogens (tertiary/aromatic N) is 4. The van der Waals surface area contributed by atoms with Gasteiger partial charge in [-0.3, -0.25) is 4.79 Å². The summed E-state index contributed by atoms with van der Waals surface area (Å²) >= 11 is 0. The van der Waals surface area contributed by atoms with E-state index in [9.17, 15) is 4.79 Å². The quantitative estimate of drug-likeness (QED) is 0.734. The van der Waals surface area contributed by atoms with Gasteiger partial charge in [-0.2, -0.15) is 0 Å². The van der Waals surface area contributed by atoms with Gasteiger partial charge in [0.25, 0.3) is 5.91 Å². The maximum absolute atomic E-state index is 13.0. The molecule has 29 heavy (non-hydrogen) atoms. The zero-order valence-electron chi connectivity index (χ0n) is 17.6. The Hall–Kier alpha value is -2.67. The molecule has 1 aliphatic heterocycles. The first-order chi connectivity index (χ1) is 14.1. The van der Waals surface area contributed by atoms with Gasteiger partial charge in [0.15, 0.2) is 0 Å². The highest BCUT2D eigenvalue weighted by Gasteiger charge is 2.19. The van der Waals surface area contributed by atoms with Crippen molar-refractivity contribution in [3.05, 3.63) is 41.7 Å². The van der Waals surface area contributed by atoms with Crippen molar-refractivity contribution < 1.29 is 9.53 Å². The van der Waals surface area contributed by atoms with Gasteiger partial charge in [-0.15, -0.1) is 0 Å². The molecule has 0 spiro atoms. The Balaban J connectivity index is 1.85. The Kier molecular flexibility index (Phi) is 7.41.